The highest BCUT2D eigenvalue weighted by atomic mass is 32.2. The number of nitrogens with one attached hydrogen (secondary N) is 1. The fourth-order valence-electron chi connectivity index (χ4n) is 4.83. The Bertz CT molecular complexity index is 1190. The molecule has 0 spiro atoms. The fraction of sp³-hybridized carbons (Fsp3) is 0.517. The van der Waals surface area contributed by atoms with E-state index in [0.29, 0.717) is 18.7 Å². The van der Waals surface area contributed by atoms with Crippen molar-refractivity contribution < 1.29 is 18.0 Å². The number of nitrogens with zero attached hydrogens (tertiary/aromatic N) is 3. The van der Waals surface area contributed by atoms with Gasteiger partial charge in [0.2, 0.25) is 11.8 Å². The molecule has 0 unspecified atom stereocenters. The summed E-state index contributed by atoms with van der Waals surface area (Å²) >= 11 is 0. The number of hydrogen-bond donors (Lipinski definition) is 1. The minimum absolute atomic E-state index is 0.116. The molecule has 9 heteroatoms. The Labute approximate surface area is 228 Å². The third-order valence-corrected chi connectivity index (χ3v) is 9.06. The molecule has 0 aliphatic heterocycles. The number of rotatable bonds is 11. The normalized spacial score (nSPS) is 15.2. The molecule has 1 N–H and O–H groups in total. The van der Waals surface area contributed by atoms with Crippen LogP contribution in [0.2, 0.25) is 0 Å². The molecule has 2 amide bonds. The van der Waals surface area contributed by atoms with Crippen LogP contribution >= 0.6 is 0 Å². The van der Waals surface area contributed by atoms with Crippen molar-refractivity contribution in [2.75, 3.05) is 31.5 Å². The van der Waals surface area contributed by atoms with Gasteiger partial charge in [0.25, 0.3) is 0 Å². The van der Waals surface area contributed by atoms with Crippen LogP contribution in [0.25, 0.3) is 0 Å². The smallest absolute Gasteiger partial charge is 0.304 e. The van der Waals surface area contributed by atoms with E-state index < -0.39 is 28.7 Å². The van der Waals surface area contributed by atoms with E-state index in [2.05, 4.69) is 5.32 Å². The molecule has 1 saturated carbocycles. The van der Waals surface area contributed by atoms with Crippen molar-refractivity contribution in [3.8, 4) is 0 Å². The van der Waals surface area contributed by atoms with Crippen molar-refractivity contribution in [2.45, 2.75) is 71.4 Å². The fourth-order valence-corrected chi connectivity index (χ4v) is 5.94. The molecule has 8 nitrogen and oxygen atoms in total. The summed E-state index contributed by atoms with van der Waals surface area (Å²) in [4.78, 5) is 28.7. The lowest BCUT2D eigenvalue weighted by atomic mass is 9.95. The van der Waals surface area contributed by atoms with E-state index >= 15 is 0 Å². The highest BCUT2D eigenvalue weighted by Gasteiger charge is 2.33. The van der Waals surface area contributed by atoms with Gasteiger partial charge in [-0.3, -0.25) is 9.59 Å². The Hall–Kier alpha value is -2.91. The summed E-state index contributed by atoms with van der Waals surface area (Å²) < 4.78 is 29.1. The van der Waals surface area contributed by atoms with Crippen molar-refractivity contribution in [3.05, 3.63) is 65.2 Å². The number of carbonyl (C=O) groups is 2. The number of amides is 2. The molecule has 0 heterocycles. The maximum absolute atomic E-state index is 13.9. The van der Waals surface area contributed by atoms with Crippen LogP contribution in [0.5, 0.6) is 0 Å². The van der Waals surface area contributed by atoms with E-state index in [4.69, 9.17) is 0 Å². The van der Waals surface area contributed by atoms with Gasteiger partial charge in [0.1, 0.15) is 12.6 Å². The van der Waals surface area contributed by atoms with Crippen LogP contribution in [-0.4, -0.2) is 68.7 Å². The summed E-state index contributed by atoms with van der Waals surface area (Å²) in [5, 5.41) is 3.13. The number of benzene rings is 2. The van der Waals surface area contributed by atoms with Crippen molar-refractivity contribution in [2.24, 2.45) is 0 Å². The van der Waals surface area contributed by atoms with Crippen molar-refractivity contribution in [1.82, 2.24) is 14.5 Å². The molecule has 1 fully saturated rings. The molecule has 0 saturated heterocycles. The molecule has 0 bridgehead atoms. The molecule has 208 valence electrons. The Morgan fingerprint density at radius 3 is 2.29 bits per heavy atom. The Morgan fingerprint density at radius 2 is 1.66 bits per heavy atom. The first-order valence-electron chi connectivity index (χ1n) is 13.4. The van der Waals surface area contributed by atoms with Crippen molar-refractivity contribution >= 4 is 27.7 Å². The van der Waals surface area contributed by atoms with Gasteiger partial charge in [-0.15, -0.1) is 0 Å². The zero-order valence-electron chi connectivity index (χ0n) is 23.3. The molecule has 1 atom stereocenters. The summed E-state index contributed by atoms with van der Waals surface area (Å²) in [7, 11) is -1.08. The van der Waals surface area contributed by atoms with E-state index in [9.17, 15) is 18.0 Å². The van der Waals surface area contributed by atoms with Crippen LogP contribution in [0, 0.1) is 13.8 Å². The number of aryl methyl sites for hydroxylation is 2. The SMILES string of the molecule is Cc1ccc(C)c(N(CC(=O)N(CCc2ccccc2)[C@H](C)C(=O)NC2CCCCC2)S(=O)(=O)N(C)C)c1. The second kappa shape index (κ2) is 13.2. The Morgan fingerprint density at radius 1 is 1.00 bits per heavy atom. The van der Waals surface area contributed by atoms with Gasteiger partial charge >= 0.3 is 10.2 Å². The molecule has 0 radical (unpaired) electrons. The van der Waals surface area contributed by atoms with Crippen LogP contribution < -0.4 is 9.62 Å². The van der Waals surface area contributed by atoms with Gasteiger partial charge < -0.3 is 10.2 Å². The molecule has 38 heavy (non-hydrogen) atoms. The van der Waals surface area contributed by atoms with Gasteiger partial charge in [0, 0.05) is 26.7 Å². The average molecular weight is 543 g/mol. The number of anilines is 1. The first-order chi connectivity index (χ1) is 18.0. The predicted molar refractivity (Wildman–Crippen MR) is 152 cm³/mol. The zero-order valence-corrected chi connectivity index (χ0v) is 24.1. The molecule has 2 aromatic rings. The van der Waals surface area contributed by atoms with Crippen molar-refractivity contribution in [3.63, 3.8) is 0 Å². The molecular formula is C29H42N4O4S. The summed E-state index contributed by atoms with van der Waals surface area (Å²) in [6, 6.07) is 14.7. The zero-order chi connectivity index (χ0) is 27.9. The summed E-state index contributed by atoms with van der Waals surface area (Å²) in [5.74, 6) is -0.620. The lowest BCUT2D eigenvalue weighted by Crippen LogP contribution is -2.54. The Kier molecular flexibility index (Phi) is 10.3. The molecule has 3 rings (SSSR count). The summed E-state index contributed by atoms with van der Waals surface area (Å²) in [6.07, 6.45) is 5.79. The van der Waals surface area contributed by atoms with Crippen LogP contribution in [0.4, 0.5) is 5.69 Å². The van der Waals surface area contributed by atoms with Gasteiger partial charge in [0.15, 0.2) is 0 Å². The van der Waals surface area contributed by atoms with Crippen molar-refractivity contribution in [1.29, 1.82) is 0 Å². The van der Waals surface area contributed by atoms with E-state index in [1.165, 1.54) is 25.4 Å². The third-order valence-electron chi connectivity index (χ3n) is 7.26. The third kappa shape index (κ3) is 7.57. The molecule has 0 aromatic heterocycles. The minimum Gasteiger partial charge on any atom is -0.352 e. The van der Waals surface area contributed by atoms with E-state index in [1.807, 2.05) is 56.3 Å². The summed E-state index contributed by atoms with van der Waals surface area (Å²) in [5.41, 5.74) is 3.12. The number of hydrogen-bond acceptors (Lipinski definition) is 4. The first-order valence-corrected chi connectivity index (χ1v) is 14.8. The van der Waals surface area contributed by atoms with Crippen LogP contribution in [0.1, 0.15) is 55.7 Å². The minimum atomic E-state index is -3.98. The standard InChI is InChI=1S/C29H42N4O4S/c1-22-16-17-23(2)27(20-22)33(38(36,37)31(4)5)21-28(34)32(19-18-25-12-8-6-9-13-25)24(3)29(35)30-26-14-10-7-11-15-26/h6,8-9,12-13,16-17,20,24,26H,7,10-11,14-15,18-19,21H2,1-5H3,(H,30,35)/t24-/m1/s1. The second-order valence-corrected chi connectivity index (χ2v) is 12.5. The topological polar surface area (TPSA) is 90.0 Å². The average Bonchev–Trinajstić information content (AvgIpc) is 2.89. The lowest BCUT2D eigenvalue weighted by molar-refractivity contribution is -0.139. The highest BCUT2D eigenvalue weighted by molar-refractivity contribution is 7.90. The van der Waals surface area contributed by atoms with E-state index in [1.54, 1.807) is 13.0 Å². The summed E-state index contributed by atoms with van der Waals surface area (Å²) in [6.45, 7) is 5.33. The van der Waals surface area contributed by atoms with Crippen LogP contribution in [0.3, 0.4) is 0 Å². The van der Waals surface area contributed by atoms with Crippen LogP contribution in [0.15, 0.2) is 48.5 Å². The van der Waals surface area contributed by atoms with Gasteiger partial charge in [-0.25, -0.2) is 4.31 Å². The predicted octanol–water partition coefficient (Wildman–Crippen LogP) is 3.82. The second-order valence-electron chi connectivity index (χ2n) is 10.4. The maximum atomic E-state index is 13.9. The van der Waals surface area contributed by atoms with E-state index in [0.717, 1.165) is 51.0 Å². The lowest BCUT2D eigenvalue weighted by Gasteiger charge is -2.34. The van der Waals surface area contributed by atoms with Gasteiger partial charge in [-0.05, 0) is 62.8 Å². The maximum Gasteiger partial charge on any atom is 0.304 e. The van der Waals surface area contributed by atoms with Gasteiger partial charge in [-0.2, -0.15) is 12.7 Å². The Balaban J connectivity index is 1.90. The largest absolute Gasteiger partial charge is 0.352 e. The monoisotopic (exact) mass is 542 g/mol. The molecule has 2 aromatic carbocycles. The molecule has 1 aliphatic rings. The highest BCUT2D eigenvalue weighted by Crippen LogP contribution is 2.26. The van der Waals surface area contributed by atoms with Gasteiger partial charge in [-0.1, -0.05) is 61.7 Å². The quantitative estimate of drug-likeness (QED) is 0.467. The number of carbonyl (C=O) groups excluding carboxylic acids is 2. The molecule has 1 aliphatic carbocycles. The van der Waals surface area contributed by atoms with Crippen LogP contribution in [-0.2, 0) is 26.2 Å². The van der Waals surface area contributed by atoms with E-state index in [-0.39, 0.29) is 11.9 Å². The van der Waals surface area contributed by atoms with Gasteiger partial charge in [0.05, 0.1) is 5.69 Å². The molecular weight excluding hydrogens is 500 g/mol. The first kappa shape index (κ1) is 29.6.